The van der Waals surface area contributed by atoms with Crippen molar-refractivity contribution >= 4 is 45.0 Å². The molecule has 1 heterocycles. The van der Waals surface area contributed by atoms with Crippen molar-refractivity contribution < 1.29 is 4.79 Å². The highest BCUT2D eigenvalue weighted by molar-refractivity contribution is 7.22. The second kappa shape index (κ2) is 10.4. The maximum absolute atomic E-state index is 13.6. The summed E-state index contributed by atoms with van der Waals surface area (Å²) in [5, 5.41) is 0.784. The van der Waals surface area contributed by atoms with Gasteiger partial charge in [0.15, 0.2) is 5.13 Å². The lowest BCUT2D eigenvalue weighted by atomic mass is 10.0. The Balaban J connectivity index is 0.00000320. The number of rotatable bonds is 7. The van der Waals surface area contributed by atoms with E-state index in [-0.39, 0.29) is 18.3 Å². The third-order valence-corrected chi connectivity index (χ3v) is 6.75. The summed E-state index contributed by atoms with van der Waals surface area (Å²) in [4.78, 5) is 22.7. The van der Waals surface area contributed by atoms with E-state index in [1.54, 1.807) is 11.3 Å². The topological polar surface area (TPSA) is 36.4 Å². The van der Waals surface area contributed by atoms with E-state index < -0.39 is 0 Å². The normalized spacial score (nSPS) is 11.0. The van der Waals surface area contributed by atoms with Crippen molar-refractivity contribution in [2.24, 2.45) is 0 Å². The number of amides is 1. The van der Waals surface area contributed by atoms with Crippen molar-refractivity contribution in [2.75, 3.05) is 31.1 Å². The number of carbonyl (C=O) groups excluding carboxylic acids is 1. The van der Waals surface area contributed by atoms with Crippen LogP contribution < -0.4 is 4.90 Å². The number of fused-ring (bicyclic) bond motifs is 1. The van der Waals surface area contributed by atoms with E-state index in [0.717, 1.165) is 51.7 Å². The molecule has 0 radical (unpaired) electrons. The molecule has 0 spiro atoms. The number of halogens is 1. The molecule has 3 aromatic rings. The van der Waals surface area contributed by atoms with E-state index in [2.05, 4.69) is 50.8 Å². The lowest BCUT2D eigenvalue weighted by molar-refractivity contribution is 0.0983. The molecule has 30 heavy (non-hydrogen) atoms. The van der Waals surface area contributed by atoms with Gasteiger partial charge in [0.2, 0.25) is 0 Å². The molecule has 4 nitrogen and oxygen atoms in total. The zero-order chi connectivity index (χ0) is 21.1. The Morgan fingerprint density at radius 1 is 0.967 bits per heavy atom. The van der Waals surface area contributed by atoms with E-state index >= 15 is 0 Å². The van der Waals surface area contributed by atoms with Crippen molar-refractivity contribution in [1.82, 2.24) is 9.88 Å². The monoisotopic (exact) mass is 445 g/mol. The average molecular weight is 446 g/mol. The van der Waals surface area contributed by atoms with Crippen LogP contribution in [-0.4, -0.2) is 42.0 Å². The van der Waals surface area contributed by atoms with E-state index in [4.69, 9.17) is 4.98 Å². The van der Waals surface area contributed by atoms with Crippen LogP contribution in [0.25, 0.3) is 10.2 Å². The third kappa shape index (κ3) is 5.02. The smallest absolute Gasteiger partial charge is 0.260 e. The Morgan fingerprint density at radius 2 is 1.63 bits per heavy atom. The highest BCUT2D eigenvalue weighted by atomic mass is 35.5. The van der Waals surface area contributed by atoms with Crippen LogP contribution in [0.3, 0.4) is 0 Å². The standard InChI is InChI=1S/C24H31N3OS.ClH/c1-7-26(8-2)13-14-27(23(28)20-15-16(3)9-10-18(20)5)24-25-22-19(6)17(4)11-12-21(22)29-24;/h9-12,15H,7-8,13-14H2,1-6H3;1H. The van der Waals surface area contributed by atoms with Gasteiger partial charge in [0.25, 0.3) is 5.91 Å². The third-order valence-electron chi connectivity index (χ3n) is 5.71. The summed E-state index contributed by atoms with van der Waals surface area (Å²) in [6.07, 6.45) is 0. The Bertz CT molecular complexity index is 1030. The summed E-state index contributed by atoms with van der Waals surface area (Å²) in [6, 6.07) is 10.3. The van der Waals surface area contributed by atoms with Gasteiger partial charge in [-0.05, 0) is 69.6 Å². The number of hydrogen-bond acceptors (Lipinski definition) is 4. The first-order valence-electron chi connectivity index (χ1n) is 10.3. The quantitative estimate of drug-likeness (QED) is 0.451. The first kappa shape index (κ1) is 24.3. The number of carbonyl (C=O) groups is 1. The fourth-order valence-corrected chi connectivity index (χ4v) is 4.56. The molecule has 0 saturated carbocycles. The van der Waals surface area contributed by atoms with Crippen LogP contribution in [0, 0.1) is 27.7 Å². The SMILES string of the molecule is CCN(CC)CCN(C(=O)c1cc(C)ccc1C)c1nc2c(C)c(C)ccc2s1.Cl. The first-order chi connectivity index (χ1) is 13.8. The Morgan fingerprint density at radius 3 is 2.30 bits per heavy atom. The molecule has 162 valence electrons. The van der Waals surface area contributed by atoms with Gasteiger partial charge in [-0.15, -0.1) is 12.4 Å². The number of aryl methyl sites for hydroxylation is 4. The number of hydrogen-bond donors (Lipinski definition) is 0. The van der Waals surface area contributed by atoms with Gasteiger partial charge in [-0.3, -0.25) is 9.69 Å². The van der Waals surface area contributed by atoms with Crippen molar-refractivity contribution in [3.63, 3.8) is 0 Å². The summed E-state index contributed by atoms with van der Waals surface area (Å²) in [5.74, 6) is 0.0341. The molecule has 0 saturated heterocycles. The Hall–Kier alpha value is -1.95. The fraction of sp³-hybridized carbons (Fsp3) is 0.417. The molecule has 1 aromatic heterocycles. The van der Waals surface area contributed by atoms with Crippen LogP contribution >= 0.6 is 23.7 Å². The van der Waals surface area contributed by atoms with Crippen LogP contribution in [0.5, 0.6) is 0 Å². The van der Waals surface area contributed by atoms with E-state index in [1.165, 1.54) is 11.1 Å². The number of likely N-dealkylation sites (N-methyl/N-ethyl adjacent to an activating group) is 1. The summed E-state index contributed by atoms with van der Waals surface area (Å²) in [6.45, 7) is 16.0. The molecule has 0 aliphatic carbocycles. The second-order valence-electron chi connectivity index (χ2n) is 7.65. The van der Waals surface area contributed by atoms with Crippen molar-refractivity contribution in [1.29, 1.82) is 0 Å². The summed E-state index contributed by atoms with van der Waals surface area (Å²) in [5.41, 5.74) is 6.28. The largest absolute Gasteiger partial charge is 0.302 e. The molecular weight excluding hydrogens is 414 g/mol. The zero-order valence-corrected chi connectivity index (χ0v) is 20.4. The average Bonchev–Trinajstić information content (AvgIpc) is 3.14. The predicted octanol–water partition coefficient (Wildman–Crippen LogP) is 5.94. The molecule has 0 fully saturated rings. The molecule has 2 aromatic carbocycles. The van der Waals surface area contributed by atoms with E-state index in [0.29, 0.717) is 6.54 Å². The molecule has 3 rings (SSSR count). The molecule has 0 N–H and O–H groups in total. The van der Waals surface area contributed by atoms with Crippen LogP contribution in [0.4, 0.5) is 5.13 Å². The van der Waals surface area contributed by atoms with Crippen molar-refractivity contribution in [2.45, 2.75) is 41.5 Å². The molecule has 0 aliphatic rings. The summed E-state index contributed by atoms with van der Waals surface area (Å²) < 4.78 is 1.13. The van der Waals surface area contributed by atoms with Gasteiger partial charge in [0, 0.05) is 18.7 Å². The molecule has 0 unspecified atom stereocenters. The lowest BCUT2D eigenvalue weighted by Gasteiger charge is -2.25. The van der Waals surface area contributed by atoms with E-state index in [1.807, 2.05) is 30.9 Å². The Kier molecular flexibility index (Phi) is 8.42. The molecule has 6 heteroatoms. The van der Waals surface area contributed by atoms with Crippen molar-refractivity contribution in [3.05, 3.63) is 58.1 Å². The van der Waals surface area contributed by atoms with Gasteiger partial charge in [-0.25, -0.2) is 4.98 Å². The van der Waals surface area contributed by atoms with Crippen molar-refractivity contribution in [3.8, 4) is 0 Å². The maximum Gasteiger partial charge on any atom is 0.260 e. The van der Waals surface area contributed by atoms with Crippen LogP contribution in [-0.2, 0) is 0 Å². The first-order valence-corrected chi connectivity index (χ1v) is 11.2. The summed E-state index contributed by atoms with van der Waals surface area (Å²) in [7, 11) is 0. The van der Waals surface area contributed by atoms with Crippen LogP contribution in [0.2, 0.25) is 0 Å². The Labute approximate surface area is 190 Å². The van der Waals surface area contributed by atoms with Gasteiger partial charge in [0.1, 0.15) is 0 Å². The number of benzene rings is 2. The number of nitrogens with zero attached hydrogens (tertiary/aromatic N) is 3. The minimum atomic E-state index is 0. The van der Waals surface area contributed by atoms with Gasteiger partial charge < -0.3 is 4.90 Å². The minimum Gasteiger partial charge on any atom is -0.302 e. The molecule has 0 atom stereocenters. The van der Waals surface area contributed by atoms with Gasteiger partial charge >= 0.3 is 0 Å². The van der Waals surface area contributed by atoms with E-state index in [9.17, 15) is 4.79 Å². The van der Waals surface area contributed by atoms with Crippen LogP contribution in [0.15, 0.2) is 30.3 Å². The second-order valence-corrected chi connectivity index (χ2v) is 8.66. The molecule has 0 bridgehead atoms. The maximum atomic E-state index is 13.6. The van der Waals surface area contributed by atoms with Crippen LogP contribution in [0.1, 0.15) is 46.5 Å². The highest BCUT2D eigenvalue weighted by Gasteiger charge is 2.23. The number of anilines is 1. The van der Waals surface area contributed by atoms with Gasteiger partial charge in [-0.1, -0.05) is 48.9 Å². The molecule has 1 amide bonds. The van der Waals surface area contributed by atoms with Gasteiger partial charge in [0.05, 0.1) is 10.2 Å². The number of thiazole rings is 1. The molecule has 0 aliphatic heterocycles. The molecular formula is C24H32ClN3OS. The number of aromatic nitrogens is 1. The minimum absolute atomic E-state index is 0. The zero-order valence-electron chi connectivity index (χ0n) is 18.8. The highest BCUT2D eigenvalue weighted by Crippen LogP contribution is 2.33. The summed E-state index contributed by atoms with van der Waals surface area (Å²) >= 11 is 1.60. The predicted molar refractivity (Wildman–Crippen MR) is 132 cm³/mol. The lowest BCUT2D eigenvalue weighted by Crippen LogP contribution is -2.39. The fourth-order valence-electron chi connectivity index (χ4n) is 3.51. The van der Waals surface area contributed by atoms with Gasteiger partial charge in [-0.2, -0.15) is 0 Å².